The SMILES string of the molecule is C=C1/C=C\C=C(\c2ccc3c(c2)N(c2ccccc2)c2ccccc2S3)N(c2ccc(C)cc2)c2ccc3ccccc3c21. The molecule has 0 amide bonds. The average molecular weight is 583 g/mol. The van der Waals surface area contributed by atoms with Crippen LogP contribution < -0.4 is 9.80 Å². The zero-order valence-electron chi connectivity index (χ0n) is 24.4. The van der Waals surface area contributed by atoms with E-state index in [1.54, 1.807) is 0 Å². The van der Waals surface area contributed by atoms with Crippen LogP contribution in [0.15, 0.2) is 168 Å². The van der Waals surface area contributed by atoms with Crippen LogP contribution in [0.2, 0.25) is 0 Å². The molecule has 2 aliphatic heterocycles. The van der Waals surface area contributed by atoms with Crippen LogP contribution in [0.5, 0.6) is 0 Å². The number of benzene rings is 6. The molecule has 0 saturated heterocycles. The highest BCUT2D eigenvalue weighted by Gasteiger charge is 2.27. The summed E-state index contributed by atoms with van der Waals surface area (Å²) in [4.78, 5) is 7.28. The maximum absolute atomic E-state index is 4.52. The summed E-state index contributed by atoms with van der Waals surface area (Å²) in [6, 6.07) is 48.1. The molecule has 44 heavy (non-hydrogen) atoms. The first-order valence-electron chi connectivity index (χ1n) is 14.9. The second-order valence-electron chi connectivity index (χ2n) is 11.2. The molecule has 2 heterocycles. The van der Waals surface area contributed by atoms with E-state index >= 15 is 0 Å². The highest BCUT2D eigenvalue weighted by molar-refractivity contribution is 7.99. The Morgan fingerprint density at radius 3 is 2.18 bits per heavy atom. The molecule has 0 atom stereocenters. The third-order valence-electron chi connectivity index (χ3n) is 8.39. The molecule has 0 unspecified atom stereocenters. The maximum atomic E-state index is 4.52. The number of hydrogen-bond acceptors (Lipinski definition) is 3. The molecule has 2 nitrogen and oxygen atoms in total. The van der Waals surface area contributed by atoms with Gasteiger partial charge in [0.25, 0.3) is 0 Å². The Morgan fingerprint density at radius 2 is 1.32 bits per heavy atom. The summed E-state index contributed by atoms with van der Waals surface area (Å²) >= 11 is 1.83. The lowest BCUT2D eigenvalue weighted by Crippen LogP contribution is -2.19. The molecule has 0 spiro atoms. The zero-order valence-corrected chi connectivity index (χ0v) is 25.3. The minimum Gasteiger partial charge on any atom is -0.309 e. The average Bonchev–Trinajstić information content (AvgIpc) is 3.06. The van der Waals surface area contributed by atoms with Gasteiger partial charge in [-0.1, -0.05) is 115 Å². The smallest absolute Gasteiger partial charge is 0.0608 e. The fraction of sp³-hybridized carbons (Fsp3) is 0.0244. The van der Waals surface area contributed by atoms with Crippen molar-refractivity contribution in [3.8, 4) is 0 Å². The Labute approximate surface area is 262 Å². The van der Waals surface area contributed by atoms with Gasteiger partial charge in [0.05, 0.1) is 22.8 Å². The van der Waals surface area contributed by atoms with E-state index in [2.05, 4.69) is 175 Å². The van der Waals surface area contributed by atoms with Crippen molar-refractivity contribution in [2.45, 2.75) is 16.7 Å². The van der Waals surface area contributed by atoms with Crippen LogP contribution in [0, 0.1) is 6.92 Å². The third-order valence-corrected chi connectivity index (χ3v) is 9.52. The second-order valence-corrected chi connectivity index (χ2v) is 12.3. The van der Waals surface area contributed by atoms with Gasteiger partial charge >= 0.3 is 0 Å². The van der Waals surface area contributed by atoms with Crippen LogP contribution in [-0.4, -0.2) is 0 Å². The molecule has 0 saturated carbocycles. The zero-order chi connectivity index (χ0) is 29.6. The predicted molar refractivity (Wildman–Crippen MR) is 189 cm³/mol. The highest BCUT2D eigenvalue weighted by atomic mass is 32.2. The summed E-state index contributed by atoms with van der Waals surface area (Å²) in [5.74, 6) is 0. The minimum absolute atomic E-state index is 0.998. The molecule has 0 fully saturated rings. The summed E-state index contributed by atoms with van der Waals surface area (Å²) in [7, 11) is 0. The molecule has 8 rings (SSSR count). The van der Waals surface area contributed by atoms with Gasteiger partial charge in [0, 0.05) is 32.3 Å². The monoisotopic (exact) mass is 582 g/mol. The molecule has 0 aromatic heterocycles. The van der Waals surface area contributed by atoms with Gasteiger partial charge in [0.1, 0.15) is 0 Å². The first kappa shape index (κ1) is 26.4. The summed E-state index contributed by atoms with van der Waals surface area (Å²) in [6.07, 6.45) is 6.50. The van der Waals surface area contributed by atoms with Gasteiger partial charge in [-0.05, 0) is 83.9 Å². The second kappa shape index (κ2) is 10.8. The lowest BCUT2D eigenvalue weighted by atomic mass is 9.93. The topological polar surface area (TPSA) is 6.48 Å². The first-order valence-corrected chi connectivity index (χ1v) is 15.7. The van der Waals surface area contributed by atoms with E-state index in [0.717, 1.165) is 39.5 Å². The van der Waals surface area contributed by atoms with Crippen molar-refractivity contribution >= 4 is 62.2 Å². The molecular formula is C41H30N2S. The molecule has 0 aliphatic carbocycles. The van der Waals surface area contributed by atoms with Crippen molar-refractivity contribution in [1.29, 1.82) is 0 Å². The highest BCUT2D eigenvalue weighted by Crippen LogP contribution is 2.52. The summed E-state index contributed by atoms with van der Waals surface area (Å²) in [5.41, 5.74) is 11.4. The number of para-hydroxylation sites is 2. The normalized spacial score (nSPS) is 15.8. The van der Waals surface area contributed by atoms with Crippen LogP contribution in [-0.2, 0) is 0 Å². The fourth-order valence-corrected chi connectivity index (χ4v) is 7.33. The maximum Gasteiger partial charge on any atom is 0.0608 e. The number of nitrogens with zero attached hydrogens (tertiary/aromatic N) is 2. The molecule has 2 aliphatic rings. The van der Waals surface area contributed by atoms with E-state index in [1.165, 1.54) is 37.5 Å². The summed E-state index contributed by atoms with van der Waals surface area (Å²) < 4.78 is 0. The number of rotatable bonds is 3. The van der Waals surface area contributed by atoms with Crippen LogP contribution in [0.4, 0.5) is 28.4 Å². The molecule has 0 N–H and O–H groups in total. The van der Waals surface area contributed by atoms with Gasteiger partial charge < -0.3 is 9.80 Å². The molecule has 3 heteroatoms. The van der Waals surface area contributed by atoms with Crippen molar-refractivity contribution < 1.29 is 0 Å². The largest absolute Gasteiger partial charge is 0.309 e. The van der Waals surface area contributed by atoms with Crippen molar-refractivity contribution in [2.24, 2.45) is 0 Å². The number of anilines is 5. The first-order chi connectivity index (χ1) is 21.7. The Balaban J connectivity index is 1.36. The van der Waals surface area contributed by atoms with E-state index in [4.69, 9.17) is 0 Å². The summed E-state index contributed by atoms with van der Waals surface area (Å²) in [5, 5.41) is 2.41. The van der Waals surface area contributed by atoms with Crippen molar-refractivity contribution in [3.63, 3.8) is 0 Å². The molecular weight excluding hydrogens is 553 g/mol. The Morgan fingerprint density at radius 1 is 0.591 bits per heavy atom. The molecule has 0 radical (unpaired) electrons. The minimum atomic E-state index is 0.998. The van der Waals surface area contributed by atoms with Crippen molar-refractivity contribution in [2.75, 3.05) is 9.80 Å². The lowest BCUT2D eigenvalue weighted by molar-refractivity contribution is 1.16. The Kier molecular flexibility index (Phi) is 6.47. The quantitative estimate of drug-likeness (QED) is 0.205. The van der Waals surface area contributed by atoms with E-state index in [9.17, 15) is 0 Å². The number of fused-ring (bicyclic) bond motifs is 5. The Bertz CT molecular complexity index is 2120. The standard InChI is InChI=1S/C41H30N2S/c1-28-19-23-33(24-20-28)42-35(17-10-11-29(2)41-34-15-7-6-12-30(34)21-25-37(41)42)31-22-26-40-38(27-31)43(32-13-4-3-5-14-32)36-16-8-9-18-39(36)44-40/h3-27H,2H2,1H3/b11-10-,35-17-. The van der Waals surface area contributed by atoms with Gasteiger partial charge in [-0.2, -0.15) is 0 Å². The predicted octanol–water partition coefficient (Wildman–Crippen LogP) is 11.8. The fourth-order valence-electron chi connectivity index (χ4n) is 6.29. The number of allylic oxidation sites excluding steroid dienone is 4. The molecule has 210 valence electrons. The Hall–Kier alpha value is -5.25. The van der Waals surface area contributed by atoms with Crippen LogP contribution in [0.1, 0.15) is 16.7 Å². The van der Waals surface area contributed by atoms with Gasteiger partial charge in [0.15, 0.2) is 0 Å². The van der Waals surface area contributed by atoms with Gasteiger partial charge in [0.2, 0.25) is 0 Å². The van der Waals surface area contributed by atoms with Crippen LogP contribution in [0.3, 0.4) is 0 Å². The molecule has 0 bridgehead atoms. The van der Waals surface area contributed by atoms with E-state index < -0.39 is 0 Å². The van der Waals surface area contributed by atoms with Crippen LogP contribution in [0.25, 0.3) is 22.0 Å². The van der Waals surface area contributed by atoms with Crippen LogP contribution >= 0.6 is 11.8 Å². The van der Waals surface area contributed by atoms with E-state index in [1.807, 2.05) is 11.8 Å². The van der Waals surface area contributed by atoms with E-state index in [-0.39, 0.29) is 0 Å². The van der Waals surface area contributed by atoms with Crippen molar-refractivity contribution in [1.82, 2.24) is 0 Å². The van der Waals surface area contributed by atoms with Gasteiger partial charge in [-0.3, -0.25) is 0 Å². The van der Waals surface area contributed by atoms with E-state index in [0.29, 0.717) is 0 Å². The lowest BCUT2D eigenvalue weighted by Gasteiger charge is -2.35. The van der Waals surface area contributed by atoms with Gasteiger partial charge in [-0.25, -0.2) is 0 Å². The summed E-state index contributed by atoms with van der Waals surface area (Å²) in [6.45, 7) is 6.65. The third kappa shape index (κ3) is 4.45. The van der Waals surface area contributed by atoms with Gasteiger partial charge in [-0.15, -0.1) is 0 Å². The molecule has 6 aromatic rings. The molecule has 6 aromatic carbocycles. The number of hydrogen-bond donors (Lipinski definition) is 0. The van der Waals surface area contributed by atoms with Crippen molar-refractivity contribution in [3.05, 3.63) is 175 Å². The number of aryl methyl sites for hydroxylation is 1.